The highest BCUT2D eigenvalue weighted by Gasteiger charge is 2.14. The van der Waals surface area contributed by atoms with Crippen LogP contribution in [0.25, 0.3) is 0 Å². The van der Waals surface area contributed by atoms with E-state index in [-0.39, 0.29) is 24.1 Å². The fraction of sp³-hybridized carbons (Fsp3) is 0.235. The Hall–Kier alpha value is -2.54. The summed E-state index contributed by atoms with van der Waals surface area (Å²) in [5.74, 6) is -0.169. The molecule has 0 bridgehead atoms. The number of carbonyl (C=O) groups is 3. The summed E-state index contributed by atoms with van der Waals surface area (Å²) in [4.78, 5) is 35.4. The topological polar surface area (TPSA) is 85.6 Å². The van der Waals surface area contributed by atoms with Gasteiger partial charge in [0.1, 0.15) is 12.4 Å². The zero-order chi connectivity index (χ0) is 17.4. The molecule has 126 valence electrons. The molecule has 1 aromatic heterocycles. The number of thioether (sulfide) groups is 1. The lowest BCUT2D eigenvalue weighted by atomic mass is 10.2. The minimum atomic E-state index is -0.579. The van der Waals surface area contributed by atoms with Gasteiger partial charge in [0.2, 0.25) is 5.91 Å². The Morgan fingerprint density at radius 3 is 2.67 bits per heavy atom. The van der Waals surface area contributed by atoms with E-state index in [2.05, 4.69) is 5.32 Å². The maximum absolute atomic E-state index is 12.0. The number of nitrogens with one attached hydrogen (secondary N) is 1. The van der Waals surface area contributed by atoms with Crippen LogP contribution in [-0.4, -0.2) is 30.0 Å². The van der Waals surface area contributed by atoms with E-state index in [1.165, 1.54) is 18.7 Å². The van der Waals surface area contributed by atoms with E-state index in [1.54, 1.807) is 42.7 Å². The van der Waals surface area contributed by atoms with Gasteiger partial charge in [0.25, 0.3) is 0 Å². The van der Waals surface area contributed by atoms with Crippen LogP contribution in [-0.2, 0) is 20.9 Å². The molecule has 24 heavy (non-hydrogen) atoms. The molecule has 0 spiro atoms. The molecule has 1 heterocycles. The maximum Gasteiger partial charge on any atom is 0.339 e. The van der Waals surface area contributed by atoms with Gasteiger partial charge in [0.05, 0.1) is 24.1 Å². The van der Waals surface area contributed by atoms with Gasteiger partial charge in [-0.3, -0.25) is 9.59 Å². The molecule has 6 nitrogen and oxygen atoms in total. The third-order valence-corrected chi connectivity index (χ3v) is 3.99. The number of carbonyl (C=O) groups excluding carboxylic acids is 3. The summed E-state index contributed by atoms with van der Waals surface area (Å²) in [6.07, 6.45) is 1.54. The number of Topliss-reactive ketones (excluding diaryl/α,β-unsaturated/α-hetero) is 1. The lowest BCUT2D eigenvalue weighted by Gasteiger charge is -2.08. The molecule has 0 saturated carbocycles. The predicted octanol–water partition coefficient (Wildman–Crippen LogP) is 2.43. The molecule has 0 aliphatic carbocycles. The summed E-state index contributed by atoms with van der Waals surface area (Å²) in [5, 5.41) is 2.73. The van der Waals surface area contributed by atoms with Crippen LogP contribution < -0.4 is 5.32 Å². The third kappa shape index (κ3) is 5.58. The monoisotopic (exact) mass is 347 g/mol. The molecule has 0 unspecified atom stereocenters. The van der Waals surface area contributed by atoms with E-state index in [0.29, 0.717) is 22.8 Å². The molecular weight excluding hydrogens is 330 g/mol. The molecule has 0 aliphatic rings. The highest BCUT2D eigenvalue weighted by Crippen LogP contribution is 2.23. The first-order valence-corrected chi connectivity index (χ1v) is 8.22. The van der Waals surface area contributed by atoms with Crippen molar-refractivity contribution in [1.29, 1.82) is 0 Å². The van der Waals surface area contributed by atoms with Gasteiger partial charge in [0.15, 0.2) is 5.78 Å². The molecule has 1 aromatic carbocycles. The highest BCUT2D eigenvalue weighted by atomic mass is 32.2. The first kappa shape index (κ1) is 17.8. The van der Waals surface area contributed by atoms with E-state index < -0.39 is 5.97 Å². The van der Waals surface area contributed by atoms with E-state index in [9.17, 15) is 14.4 Å². The molecule has 2 aromatic rings. The van der Waals surface area contributed by atoms with Crippen molar-refractivity contribution >= 4 is 29.4 Å². The Labute approximate surface area is 143 Å². The van der Waals surface area contributed by atoms with Gasteiger partial charge in [-0.15, -0.1) is 11.8 Å². The zero-order valence-corrected chi connectivity index (χ0v) is 13.9. The zero-order valence-electron chi connectivity index (χ0n) is 13.1. The van der Waals surface area contributed by atoms with Gasteiger partial charge < -0.3 is 14.5 Å². The first-order chi connectivity index (χ1) is 11.6. The summed E-state index contributed by atoms with van der Waals surface area (Å²) in [7, 11) is 0. The van der Waals surface area contributed by atoms with E-state index in [4.69, 9.17) is 9.15 Å². The van der Waals surface area contributed by atoms with Crippen molar-refractivity contribution in [3.8, 4) is 0 Å². The second kappa shape index (κ2) is 8.93. The molecule has 0 fully saturated rings. The number of hydrogen-bond donors (Lipinski definition) is 1. The number of esters is 1. The number of hydrogen-bond acceptors (Lipinski definition) is 6. The average Bonchev–Trinajstić information content (AvgIpc) is 3.09. The minimum absolute atomic E-state index is 0.151. The van der Waals surface area contributed by atoms with Gasteiger partial charge in [-0.25, -0.2) is 4.79 Å². The fourth-order valence-electron chi connectivity index (χ4n) is 1.80. The van der Waals surface area contributed by atoms with Crippen LogP contribution in [0.2, 0.25) is 0 Å². The van der Waals surface area contributed by atoms with Crippen LogP contribution in [0, 0.1) is 0 Å². The second-order valence-corrected chi connectivity index (χ2v) is 5.94. The Morgan fingerprint density at radius 2 is 1.96 bits per heavy atom. The summed E-state index contributed by atoms with van der Waals surface area (Å²) in [6, 6.07) is 10.3. The van der Waals surface area contributed by atoms with Crippen LogP contribution in [0.4, 0.5) is 0 Å². The number of amides is 1. The largest absolute Gasteiger partial charge is 0.467 e. The average molecular weight is 347 g/mol. The standard InChI is InChI=1S/C17H17NO5S/c1-12(19)10-23-17(21)14-6-2-3-7-15(14)24-11-16(20)18-9-13-5-4-8-22-13/h2-8H,9-11H2,1H3,(H,18,20). The quantitative estimate of drug-likeness (QED) is 0.583. The Balaban J connectivity index is 1.88. The van der Waals surface area contributed by atoms with E-state index in [1.807, 2.05) is 0 Å². The molecule has 0 atom stereocenters. The molecule has 0 radical (unpaired) electrons. The van der Waals surface area contributed by atoms with E-state index >= 15 is 0 Å². The van der Waals surface area contributed by atoms with E-state index in [0.717, 1.165) is 0 Å². The highest BCUT2D eigenvalue weighted by molar-refractivity contribution is 8.00. The number of benzene rings is 1. The number of ether oxygens (including phenoxy) is 1. The molecule has 2 rings (SSSR count). The van der Waals surface area contributed by atoms with Crippen LogP contribution in [0.5, 0.6) is 0 Å². The predicted molar refractivity (Wildman–Crippen MR) is 88.7 cm³/mol. The lowest BCUT2D eigenvalue weighted by molar-refractivity contribution is -0.120. The molecular formula is C17H17NO5S. The van der Waals surface area contributed by atoms with Crippen molar-refractivity contribution in [2.45, 2.75) is 18.4 Å². The molecule has 0 saturated heterocycles. The van der Waals surface area contributed by atoms with Gasteiger partial charge in [-0.1, -0.05) is 12.1 Å². The smallest absolute Gasteiger partial charge is 0.339 e. The summed E-state index contributed by atoms with van der Waals surface area (Å²) < 4.78 is 10.1. The molecule has 1 N–H and O–H groups in total. The SMILES string of the molecule is CC(=O)COC(=O)c1ccccc1SCC(=O)NCc1ccco1. The van der Waals surface area contributed by atoms with Gasteiger partial charge >= 0.3 is 5.97 Å². The normalized spacial score (nSPS) is 10.2. The van der Waals surface area contributed by atoms with Crippen LogP contribution in [0.3, 0.4) is 0 Å². The third-order valence-electron chi connectivity index (χ3n) is 2.91. The Kier molecular flexibility index (Phi) is 6.62. The van der Waals surface area contributed by atoms with Crippen LogP contribution in [0.1, 0.15) is 23.0 Å². The number of ketones is 1. The lowest BCUT2D eigenvalue weighted by Crippen LogP contribution is -2.24. The van der Waals surface area contributed by atoms with Crippen LogP contribution >= 0.6 is 11.8 Å². The van der Waals surface area contributed by atoms with Crippen molar-refractivity contribution in [2.75, 3.05) is 12.4 Å². The molecule has 1 amide bonds. The Morgan fingerprint density at radius 1 is 1.17 bits per heavy atom. The summed E-state index contributed by atoms with van der Waals surface area (Å²) in [5.41, 5.74) is 0.336. The van der Waals surface area contributed by atoms with Crippen LogP contribution in [0.15, 0.2) is 52.0 Å². The summed E-state index contributed by atoms with van der Waals surface area (Å²) >= 11 is 1.23. The minimum Gasteiger partial charge on any atom is -0.467 e. The fourth-order valence-corrected chi connectivity index (χ4v) is 2.67. The van der Waals surface area contributed by atoms with Crippen molar-refractivity contribution in [2.24, 2.45) is 0 Å². The molecule has 7 heteroatoms. The van der Waals surface area contributed by atoms with Crippen molar-refractivity contribution in [3.05, 3.63) is 54.0 Å². The maximum atomic E-state index is 12.0. The van der Waals surface area contributed by atoms with Gasteiger partial charge in [-0.05, 0) is 31.2 Å². The van der Waals surface area contributed by atoms with Crippen molar-refractivity contribution < 1.29 is 23.5 Å². The van der Waals surface area contributed by atoms with Gasteiger partial charge in [0, 0.05) is 4.90 Å². The van der Waals surface area contributed by atoms with Crippen molar-refractivity contribution in [1.82, 2.24) is 5.32 Å². The summed E-state index contributed by atoms with van der Waals surface area (Å²) in [6.45, 7) is 1.40. The molecule has 0 aliphatic heterocycles. The second-order valence-electron chi connectivity index (χ2n) is 4.92. The number of rotatable bonds is 8. The Bertz CT molecular complexity index is 712. The van der Waals surface area contributed by atoms with Crippen molar-refractivity contribution in [3.63, 3.8) is 0 Å². The number of furan rings is 1. The first-order valence-electron chi connectivity index (χ1n) is 7.23. The van der Waals surface area contributed by atoms with Gasteiger partial charge in [-0.2, -0.15) is 0 Å².